The summed E-state index contributed by atoms with van der Waals surface area (Å²) in [6, 6.07) is 39.2. The number of anilines is 2. The average Bonchev–Trinajstić information content (AvgIpc) is 3.62. The number of carbonyl (C=O) groups is 2. The third-order valence-electron chi connectivity index (χ3n) is 10.0. The quantitative estimate of drug-likeness (QED) is 0.143. The zero-order valence-corrected chi connectivity index (χ0v) is 29.3. The van der Waals surface area contributed by atoms with Crippen molar-refractivity contribution in [1.29, 1.82) is 0 Å². The Hall–Kier alpha value is -5.24. The van der Waals surface area contributed by atoms with Crippen LogP contribution in [0.15, 0.2) is 132 Å². The molecule has 5 aromatic carbocycles. The van der Waals surface area contributed by atoms with Crippen LogP contribution in [0.1, 0.15) is 52.3 Å². The van der Waals surface area contributed by atoms with Gasteiger partial charge in [0.2, 0.25) is 5.91 Å². The van der Waals surface area contributed by atoms with E-state index in [0.717, 1.165) is 53.7 Å². The van der Waals surface area contributed by atoms with Gasteiger partial charge in [-0.2, -0.15) is 0 Å². The Balaban J connectivity index is 1.29. The Labute approximate surface area is 304 Å². The highest BCUT2D eigenvalue weighted by molar-refractivity contribution is 6.31. The molecular weight excluding hydrogens is 656 g/mol. The number of nitrogens with zero attached hydrogens (tertiary/aromatic N) is 3. The number of fused-ring (bicyclic) bond motifs is 1. The summed E-state index contributed by atoms with van der Waals surface area (Å²) < 4.78 is 0. The van der Waals surface area contributed by atoms with Gasteiger partial charge in [0.1, 0.15) is 0 Å². The molecule has 5 aromatic rings. The number of halogens is 1. The van der Waals surface area contributed by atoms with E-state index in [2.05, 4.69) is 33.3 Å². The Kier molecular flexibility index (Phi) is 10.3. The van der Waals surface area contributed by atoms with Crippen molar-refractivity contribution in [2.45, 2.75) is 50.9 Å². The van der Waals surface area contributed by atoms with Crippen LogP contribution in [-0.4, -0.2) is 52.8 Å². The normalized spacial score (nSPS) is 18.2. The number of carboxylic acids is 1. The first-order chi connectivity index (χ1) is 24.9. The molecule has 2 heterocycles. The first-order valence-corrected chi connectivity index (χ1v) is 17.9. The summed E-state index contributed by atoms with van der Waals surface area (Å²) in [5.41, 5.74) is 7.49. The molecule has 0 aliphatic carbocycles. The third kappa shape index (κ3) is 7.46. The number of rotatable bonds is 10. The van der Waals surface area contributed by atoms with Crippen molar-refractivity contribution in [2.75, 3.05) is 23.3 Å². The van der Waals surface area contributed by atoms with Crippen LogP contribution in [0.25, 0.3) is 0 Å². The topological polar surface area (TPSA) is 85.2 Å². The lowest BCUT2D eigenvalue weighted by atomic mass is 9.87. The standard InChI is InChI=1S/C43H41ClN4O3/c1-29-22-23-33(27-36(29)44)48-26-24-31-15-8-9-18-34(31)41(48)40(43(50)51)46-39(32-16-6-3-7-17-32)35-19-10-11-20-37(35)45-42(49)38-21-12-25-47(38)28-30-13-4-2-5-14-30/h2-11,13-20,22-23,27,38,40-41H,12,21,24-26,28H2,1H3,(H,45,49)(H,50,51)/t38-,40-,41+/m0/s1. The number of amides is 1. The summed E-state index contributed by atoms with van der Waals surface area (Å²) in [6.07, 6.45) is 2.47. The summed E-state index contributed by atoms with van der Waals surface area (Å²) in [5.74, 6) is -1.13. The molecule has 0 radical (unpaired) electrons. The highest BCUT2D eigenvalue weighted by atomic mass is 35.5. The number of nitrogens with one attached hydrogen (secondary N) is 1. The minimum atomic E-state index is -1.19. The van der Waals surface area contributed by atoms with E-state index in [1.807, 2.05) is 116 Å². The lowest BCUT2D eigenvalue weighted by Crippen LogP contribution is -2.44. The number of aliphatic imine (C=N–C) groups is 1. The van der Waals surface area contributed by atoms with Crippen LogP contribution in [0, 0.1) is 6.92 Å². The number of likely N-dealkylation sites (tertiary alicyclic amines) is 1. The molecule has 0 spiro atoms. The van der Waals surface area contributed by atoms with Gasteiger partial charge in [-0.25, -0.2) is 4.79 Å². The summed E-state index contributed by atoms with van der Waals surface area (Å²) >= 11 is 6.61. The Bertz CT molecular complexity index is 2050. The summed E-state index contributed by atoms with van der Waals surface area (Å²) in [4.78, 5) is 37.0. The van der Waals surface area contributed by atoms with Gasteiger partial charge in [0.05, 0.1) is 23.5 Å². The van der Waals surface area contributed by atoms with Crippen molar-refractivity contribution in [3.05, 3.63) is 166 Å². The second-order valence-corrected chi connectivity index (χ2v) is 13.7. The molecule has 8 heteroatoms. The SMILES string of the molecule is Cc1ccc(N2CCc3ccccc3[C@@H]2[C@H](N=C(c2ccccc2)c2ccccc2NC(=O)[C@@H]2CCCN2Cc2ccccc2)C(=O)O)cc1Cl. The number of aryl methyl sites for hydroxylation is 1. The van der Waals surface area contributed by atoms with Gasteiger partial charge in [-0.1, -0.05) is 121 Å². The first-order valence-electron chi connectivity index (χ1n) is 17.5. The van der Waals surface area contributed by atoms with E-state index >= 15 is 0 Å². The van der Waals surface area contributed by atoms with Crippen LogP contribution < -0.4 is 10.2 Å². The van der Waals surface area contributed by atoms with E-state index in [1.165, 1.54) is 5.56 Å². The highest BCUT2D eigenvalue weighted by Gasteiger charge is 2.39. The molecule has 1 amide bonds. The zero-order valence-electron chi connectivity index (χ0n) is 28.6. The predicted octanol–water partition coefficient (Wildman–Crippen LogP) is 8.35. The maximum atomic E-state index is 14.0. The predicted molar refractivity (Wildman–Crippen MR) is 205 cm³/mol. The van der Waals surface area contributed by atoms with Crippen molar-refractivity contribution in [3.8, 4) is 0 Å². The largest absolute Gasteiger partial charge is 0.480 e. The Morgan fingerprint density at radius 1 is 0.882 bits per heavy atom. The number of hydrogen-bond donors (Lipinski definition) is 2. The smallest absolute Gasteiger partial charge is 0.330 e. The van der Waals surface area contributed by atoms with E-state index in [-0.39, 0.29) is 11.9 Å². The number of aliphatic carboxylic acids is 1. The van der Waals surface area contributed by atoms with Gasteiger partial charge in [0.25, 0.3) is 0 Å². The van der Waals surface area contributed by atoms with Crippen molar-refractivity contribution in [2.24, 2.45) is 4.99 Å². The van der Waals surface area contributed by atoms with Crippen LogP contribution in [0.3, 0.4) is 0 Å². The van der Waals surface area contributed by atoms with Gasteiger partial charge in [0, 0.05) is 34.9 Å². The number of benzene rings is 5. The molecule has 51 heavy (non-hydrogen) atoms. The second kappa shape index (κ2) is 15.3. The molecule has 7 nitrogen and oxygen atoms in total. The molecule has 3 atom stereocenters. The minimum absolute atomic E-state index is 0.0817. The molecule has 2 aliphatic rings. The molecule has 0 unspecified atom stereocenters. The fourth-order valence-electron chi connectivity index (χ4n) is 7.43. The molecule has 258 valence electrons. The van der Waals surface area contributed by atoms with Gasteiger partial charge in [-0.3, -0.25) is 14.7 Å². The van der Waals surface area contributed by atoms with E-state index < -0.39 is 18.1 Å². The molecule has 0 saturated carbocycles. The lowest BCUT2D eigenvalue weighted by Gasteiger charge is -2.41. The fourth-order valence-corrected chi connectivity index (χ4v) is 7.60. The maximum Gasteiger partial charge on any atom is 0.330 e. The molecule has 7 rings (SSSR count). The second-order valence-electron chi connectivity index (χ2n) is 13.3. The Morgan fingerprint density at radius 2 is 1.59 bits per heavy atom. The van der Waals surface area contributed by atoms with Crippen molar-refractivity contribution in [1.82, 2.24) is 4.90 Å². The highest BCUT2D eigenvalue weighted by Crippen LogP contribution is 2.39. The molecule has 0 bridgehead atoms. The van der Waals surface area contributed by atoms with Crippen LogP contribution >= 0.6 is 11.6 Å². The Morgan fingerprint density at radius 3 is 2.35 bits per heavy atom. The van der Waals surface area contributed by atoms with Crippen LogP contribution in [-0.2, 0) is 22.6 Å². The lowest BCUT2D eigenvalue weighted by molar-refractivity contribution is -0.139. The zero-order chi connectivity index (χ0) is 35.3. The van der Waals surface area contributed by atoms with Crippen molar-refractivity contribution < 1.29 is 14.7 Å². The third-order valence-corrected chi connectivity index (χ3v) is 10.4. The molecule has 1 fully saturated rings. The summed E-state index contributed by atoms with van der Waals surface area (Å²) in [5, 5.41) is 14.9. The maximum absolute atomic E-state index is 14.0. The molecule has 1 saturated heterocycles. The number of carboxylic acid groups (broad SMARTS) is 1. The van der Waals surface area contributed by atoms with Crippen molar-refractivity contribution in [3.63, 3.8) is 0 Å². The molecule has 0 aromatic heterocycles. The summed E-state index contributed by atoms with van der Waals surface area (Å²) in [6.45, 7) is 4.10. The first kappa shape index (κ1) is 34.2. The summed E-state index contributed by atoms with van der Waals surface area (Å²) in [7, 11) is 0. The van der Waals surface area contributed by atoms with Crippen LogP contribution in [0.5, 0.6) is 0 Å². The average molecular weight is 697 g/mol. The van der Waals surface area contributed by atoms with E-state index in [0.29, 0.717) is 35.1 Å². The fraction of sp³-hybridized carbons (Fsp3) is 0.233. The van der Waals surface area contributed by atoms with Gasteiger partial charge in [-0.15, -0.1) is 0 Å². The number of hydrogen-bond acceptors (Lipinski definition) is 5. The van der Waals surface area contributed by atoms with Crippen molar-refractivity contribution >= 4 is 40.6 Å². The van der Waals surface area contributed by atoms with Gasteiger partial charge in [-0.05, 0) is 73.2 Å². The van der Waals surface area contributed by atoms with Gasteiger partial charge >= 0.3 is 5.97 Å². The minimum Gasteiger partial charge on any atom is -0.480 e. The number of para-hydroxylation sites is 1. The molecular formula is C43H41ClN4O3. The van der Waals surface area contributed by atoms with E-state index in [9.17, 15) is 14.7 Å². The monoisotopic (exact) mass is 696 g/mol. The van der Waals surface area contributed by atoms with E-state index in [4.69, 9.17) is 16.6 Å². The van der Waals surface area contributed by atoms with Gasteiger partial charge < -0.3 is 15.3 Å². The van der Waals surface area contributed by atoms with Gasteiger partial charge in [0.15, 0.2) is 6.04 Å². The molecule has 2 N–H and O–H groups in total. The number of carbonyl (C=O) groups excluding carboxylic acids is 1. The molecule has 2 aliphatic heterocycles. The van der Waals surface area contributed by atoms with Crippen LogP contribution in [0.4, 0.5) is 11.4 Å². The van der Waals surface area contributed by atoms with Crippen LogP contribution in [0.2, 0.25) is 5.02 Å². The van der Waals surface area contributed by atoms with E-state index in [1.54, 1.807) is 0 Å².